The second kappa shape index (κ2) is 13.3. The van der Waals surface area contributed by atoms with Crippen LogP contribution in [0, 0.1) is 5.82 Å². The molecule has 1 atom stereocenters. The lowest BCUT2D eigenvalue weighted by Gasteiger charge is -2.25. The van der Waals surface area contributed by atoms with Crippen LogP contribution in [-0.4, -0.2) is 88.7 Å². The third kappa shape index (κ3) is 6.79. The Hall–Kier alpha value is -3.69. The first kappa shape index (κ1) is 31.3. The highest BCUT2D eigenvalue weighted by molar-refractivity contribution is 6.31. The van der Waals surface area contributed by atoms with Crippen molar-refractivity contribution in [1.29, 1.82) is 0 Å². The number of fused-ring (bicyclic) bond motifs is 1. The van der Waals surface area contributed by atoms with Crippen molar-refractivity contribution in [2.24, 2.45) is 0 Å². The standard InChI is InChI=1S/C35H37Cl2FN6O/c1-41(2)16-4-17-42(3)29-15-18-43(22-29)35(45)33-32(30-14-9-26(37)20-31(30)40-33)34-24(19-23-5-7-25(36)8-6-23)21-39-44(34)28-12-10-27(38)11-13-28/h5-14,20-21,29,40H,4,15-19,22H2,1-3H3/t29-/m0/s1. The number of H-pyrrole nitrogens is 1. The van der Waals surface area contributed by atoms with Gasteiger partial charge < -0.3 is 19.7 Å². The summed E-state index contributed by atoms with van der Waals surface area (Å²) < 4.78 is 15.8. The monoisotopic (exact) mass is 646 g/mol. The van der Waals surface area contributed by atoms with E-state index in [0.29, 0.717) is 47.0 Å². The first-order valence-electron chi connectivity index (χ1n) is 15.2. The maximum absolute atomic E-state index is 14.4. The molecule has 45 heavy (non-hydrogen) atoms. The van der Waals surface area contributed by atoms with Gasteiger partial charge in [0.25, 0.3) is 5.91 Å². The van der Waals surface area contributed by atoms with Gasteiger partial charge in [-0.3, -0.25) is 4.79 Å². The summed E-state index contributed by atoms with van der Waals surface area (Å²) in [6, 6.07) is 19.9. The number of likely N-dealkylation sites (tertiary alicyclic amines) is 1. The zero-order chi connectivity index (χ0) is 31.7. The van der Waals surface area contributed by atoms with Crippen molar-refractivity contribution < 1.29 is 9.18 Å². The summed E-state index contributed by atoms with van der Waals surface area (Å²) in [5.41, 5.74) is 5.44. The quantitative estimate of drug-likeness (QED) is 0.175. The second-order valence-electron chi connectivity index (χ2n) is 12.1. The zero-order valence-corrected chi connectivity index (χ0v) is 27.2. The molecule has 1 aliphatic rings. The van der Waals surface area contributed by atoms with Gasteiger partial charge in [0.2, 0.25) is 0 Å². The lowest BCUT2D eigenvalue weighted by Crippen LogP contribution is -2.37. The molecule has 234 valence electrons. The highest BCUT2D eigenvalue weighted by Gasteiger charge is 2.33. The molecule has 3 heterocycles. The fraction of sp³-hybridized carbons (Fsp3) is 0.314. The predicted octanol–water partition coefficient (Wildman–Crippen LogP) is 7.16. The zero-order valence-electron chi connectivity index (χ0n) is 25.7. The molecular weight excluding hydrogens is 610 g/mol. The van der Waals surface area contributed by atoms with Crippen molar-refractivity contribution in [3.05, 3.63) is 106 Å². The fourth-order valence-corrected chi connectivity index (χ4v) is 6.52. The van der Waals surface area contributed by atoms with E-state index in [9.17, 15) is 9.18 Å². The summed E-state index contributed by atoms with van der Waals surface area (Å²) in [7, 11) is 6.32. The molecule has 5 aromatic rings. The third-order valence-electron chi connectivity index (χ3n) is 8.63. The molecule has 0 spiro atoms. The summed E-state index contributed by atoms with van der Waals surface area (Å²) in [5.74, 6) is -0.396. The van der Waals surface area contributed by atoms with Gasteiger partial charge in [-0.05, 0) is 101 Å². The van der Waals surface area contributed by atoms with Gasteiger partial charge in [0.15, 0.2) is 0 Å². The molecule has 0 bridgehead atoms. The second-order valence-corrected chi connectivity index (χ2v) is 13.0. The number of hydrogen-bond donors (Lipinski definition) is 1. The van der Waals surface area contributed by atoms with E-state index in [4.69, 9.17) is 28.3 Å². The minimum Gasteiger partial charge on any atom is -0.350 e. The molecule has 3 aromatic carbocycles. The summed E-state index contributed by atoms with van der Waals surface area (Å²) in [6.45, 7) is 3.33. The first-order chi connectivity index (χ1) is 21.7. The molecule has 2 aromatic heterocycles. The van der Waals surface area contributed by atoms with E-state index in [1.54, 1.807) is 16.8 Å². The Morgan fingerprint density at radius 1 is 1.00 bits per heavy atom. The molecule has 1 amide bonds. The maximum Gasteiger partial charge on any atom is 0.271 e. The molecule has 1 aliphatic heterocycles. The van der Waals surface area contributed by atoms with Crippen LogP contribution in [0.2, 0.25) is 10.0 Å². The topological polar surface area (TPSA) is 60.4 Å². The Labute approximate surface area is 273 Å². The van der Waals surface area contributed by atoms with E-state index < -0.39 is 0 Å². The van der Waals surface area contributed by atoms with Crippen LogP contribution in [-0.2, 0) is 6.42 Å². The van der Waals surface area contributed by atoms with Crippen molar-refractivity contribution in [2.75, 3.05) is 47.3 Å². The van der Waals surface area contributed by atoms with Gasteiger partial charge in [0.1, 0.15) is 11.5 Å². The van der Waals surface area contributed by atoms with E-state index in [1.165, 1.54) is 12.1 Å². The summed E-state index contributed by atoms with van der Waals surface area (Å²) in [6.07, 6.45) is 4.38. The van der Waals surface area contributed by atoms with Gasteiger partial charge in [0.05, 0.1) is 17.6 Å². The molecule has 1 N–H and O–H groups in total. The number of aromatic amines is 1. The number of hydrogen-bond acceptors (Lipinski definition) is 4. The van der Waals surface area contributed by atoms with Crippen molar-refractivity contribution in [1.82, 2.24) is 29.5 Å². The molecule has 1 fully saturated rings. The number of carbonyl (C=O) groups is 1. The molecule has 0 aliphatic carbocycles. The van der Waals surface area contributed by atoms with Crippen LogP contribution in [0.3, 0.4) is 0 Å². The Bertz CT molecular complexity index is 1800. The number of carbonyl (C=O) groups excluding carboxylic acids is 1. The SMILES string of the molecule is CN(C)CCCN(C)[C@H]1CCN(C(=O)c2[nH]c3cc(Cl)ccc3c2-c2c(Cc3ccc(Cl)cc3)cnn2-c2ccc(F)cc2)C1. The van der Waals surface area contributed by atoms with Crippen LogP contribution < -0.4 is 0 Å². The lowest BCUT2D eigenvalue weighted by molar-refractivity contribution is 0.0776. The van der Waals surface area contributed by atoms with Gasteiger partial charge in [-0.15, -0.1) is 0 Å². The Morgan fingerprint density at radius 3 is 2.47 bits per heavy atom. The van der Waals surface area contributed by atoms with Crippen LogP contribution >= 0.6 is 23.2 Å². The van der Waals surface area contributed by atoms with Gasteiger partial charge in [-0.25, -0.2) is 9.07 Å². The maximum atomic E-state index is 14.4. The van der Waals surface area contributed by atoms with Gasteiger partial charge in [-0.1, -0.05) is 41.4 Å². The summed E-state index contributed by atoms with van der Waals surface area (Å²) in [5, 5.41) is 6.87. The number of halogens is 3. The molecule has 1 saturated heterocycles. The van der Waals surface area contributed by atoms with Crippen molar-refractivity contribution in [3.8, 4) is 16.9 Å². The molecule has 7 nitrogen and oxygen atoms in total. The van der Waals surface area contributed by atoms with Gasteiger partial charge in [0, 0.05) is 57.6 Å². The molecule has 6 rings (SSSR count). The molecule has 0 saturated carbocycles. The Kier molecular flexibility index (Phi) is 9.28. The third-order valence-corrected chi connectivity index (χ3v) is 9.11. The van der Waals surface area contributed by atoms with Crippen LogP contribution in [0.25, 0.3) is 27.8 Å². The highest BCUT2D eigenvalue weighted by Crippen LogP contribution is 2.39. The number of likely N-dealkylation sites (N-methyl/N-ethyl adjacent to an activating group) is 1. The van der Waals surface area contributed by atoms with E-state index in [0.717, 1.165) is 59.2 Å². The fourth-order valence-electron chi connectivity index (χ4n) is 6.22. The molecule has 10 heteroatoms. The van der Waals surface area contributed by atoms with Crippen LogP contribution in [0.5, 0.6) is 0 Å². The number of benzene rings is 3. The van der Waals surface area contributed by atoms with E-state index in [-0.39, 0.29) is 11.7 Å². The summed E-state index contributed by atoms with van der Waals surface area (Å²) >= 11 is 12.6. The van der Waals surface area contributed by atoms with Crippen LogP contribution in [0.4, 0.5) is 4.39 Å². The molecule has 0 radical (unpaired) electrons. The van der Waals surface area contributed by atoms with Crippen molar-refractivity contribution in [3.63, 3.8) is 0 Å². The highest BCUT2D eigenvalue weighted by atomic mass is 35.5. The average molecular weight is 648 g/mol. The minimum atomic E-state index is -0.332. The number of rotatable bonds is 10. The number of nitrogens with one attached hydrogen (secondary N) is 1. The van der Waals surface area contributed by atoms with Crippen LogP contribution in [0.1, 0.15) is 34.5 Å². The van der Waals surface area contributed by atoms with Crippen molar-refractivity contribution >= 4 is 40.0 Å². The predicted molar refractivity (Wildman–Crippen MR) is 180 cm³/mol. The smallest absolute Gasteiger partial charge is 0.271 e. The van der Waals surface area contributed by atoms with E-state index in [2.05, 4.69) is 35.9 Å². The lowest BCUT2D eigenvalue weighted by atomic mass is 9.98. The number of nitrogens with zero attached hydrogens (tertiary/aromatic N) is 5. The summed E-state index contributed by atoms with van der Waals surface area (Å²) in [4.78, 5) is 24.4. The van der Waals surface area contributed by atoms with Gasteiger partial charge in [-0.2, -0.15) is 5.10 Å². The van der Waals surface area contributed by atoms with Gasteiger partial charge >= 0.3 is 0 Å². The molecule has 0 unspecified atom stereocenters. The number of amides is 1. The van der Waals surface area contributed by atoms with Crippen molar-refractivity contribution in [2.45, 2.75) is 25.3 Å². The Balaban J connectivity index is 1.43. The minimum absolute atomic E-state index is 0.0641. The first-order valence-corrected chi connectivity index (χ1v) is 16.0. The van der Waals surface area contributed by atoms with E-state index >= 15 is 0 Å². The van der Waals surface area contributed by atoms with E-state index in [1.807, 2.05) is 53.6 Å². The molecular formula is C35H37Cl2FN6O. The normalized spacial score (nSPS) is 15.2. The van der Waals surface area contributed by atoms with Crippen LogP contribution in [0.15, 0.2) is 72.9 Å². The number of aromatic nitrogens is 3. The largest absolute Gasteiger partial charge is 0.350 e. The average Bonchev–Trinajstić information content (AvgIpc) is 3.75. The Morgan fingerprint density at radius 2 is 1.73 bits per heavy atom.